The Labute approximate surface area is 114 Å². The predicted octanol–water partition coefficient (Wildman–Crippen LogP) is 0.784. The number of ether oxygens (including phenoxy) is 1. The van der Waals surface area contributed by atoms with Crippen LogP contribution in [-0.4, -0.2) is 48.1 Å². The average Bonchev–Trinajstić information content (AvgIpc) is 2.82. The van der Waals surface area contributed by atoms with Gasteiger partial charge < -0.3 is 15.0 Å². The molecular weight excluding hydrogens is 244 g/mol. The molecule has 0 aromatic rings. The monoisotopic (exact) mass is 268 g/mol. The van der Waals surface area contributed by atoms with Crippen LogP contribution in [0.1, 0.15) is 34.1 Å². The number of hydrogen-bond donors (Lipinski definition) is 1. The highest BCUT2D eigenvalue weighted by atomic mass is 16.5. The average molecular weight is 268 g/mol. The lowest BCUT2D eigenvalue weighted by atomic mass is 9.90. The van der Waals surface area contributed by atoms with Gasteiger partial charge in [0.05, 0.1) is 6.61 Å². The van der Waals surface area contributed by atoms with Gasteiger partial charge in [-0.1, -0.05) is 13.8 Å². The maximum atomic E-state index is 12.6. The molecule has 0 aromatic carbocycles. The Balaban J connectivity index is 2.19. The van der Waals surface area contributed by atoms with Crippen molar-refractivity contribution in [2.24, 2.45) is 11.8 Å². The third-order valence-electron chi connectivity index (χ3n) is 4.18. The summed E-state index contributed by atoms with van der Waals surface area (Å²) in [6.45, 7) is 9.60. The summed E-state index contributed by atoms with van der Waals surface area (Å²) in [7, 11) is 0. The molecule has 108 valence electrons. The van der Waals surface area contributed by atoms with Crippen molar-refractivity contribution in [1.29, 1.82) is 0 Å². The highest BCUT2D eigenvalue weighted by Crippen LogP contribution is 2.26. The molecule has 19 heavy (non-hydrogen) atoms. The summed E-state index contributed by atoms with van der Waals surface area (Å²) in [5.74, 6) is 0.424. The minimum absolute atomic E-state index is 0.0338. The SMILES string of the molecule is CC(C)C1NC(=O)C(C)(C)N(CC2CCOC2)C1=O. The van der Waals surface area contributed by atoms with E-state index in [1.165, 1.54) is 0 Å². The van der Waals surface area contributed by atoms with Crippen LogP contribution in [0.5, 0.6) is 0 Å². The Kier molecular flexibility index (Phi) is 3.85. The number of amides is 2. The molecule has 2 aliphatic heterocycles. The minimum Gasteiger partial charge on any atom is -0.381 e. The number of piperazine rings is 1. The maximum Gasteiger partial charge on any atom is 0.246 e. The molecule has 5 nitrogen and oxygen atoms in total. The first-order valence-corrected chi connectivity index (χ1v) is 7.04. The summed E-state index contributed by atoms with van der Waals surface area (Å²) in [6.07, 6.45) is 0.966. The second-order valence-electron chi connectivity index (χ2n) is 6.43. The van der Waals surface area contributed by atoms with Crippen molar-refractivity contribution in [1.82, 2.24) is 10.2 Å². The van der Waals surface area contributed by atoms with Crippen molar-refractivity contribution in [3.8, 4) is 0 Å². The largest absolute Gasteiger partial charge is 0.381 e. The molecule has 5 heteroatoms. The molecule has 1 N–H and O–H groups in total. The molecule has 0 aliphatic carbocycles. The van der Waals surface area contributed by atoms with Gasteiger partial charge in [0.2, 0.25) is 11.8 Å². The summed E-state index contributed by atoms with van der Waals surface area (Å²) < 4.78 is 5.36. The molecule has 0 saturated carbocycles. The van der Waals surface area contributed by atoms with Gasteiger partial charge in [0.25, 0.3) is 0 Å². The van der Waals surface area contributed by atoms with Gasteiger partial charge in [-0.05, 0) is 26.2 Å². The number of carbonyl (C=O) groups is 2. The van der Waals surface area contributed by atoms with Crippen molar-refractivity contribution >= 4 is 11.8 Å². The predicted molar refractivity (Wildman–Crippen MR) is 71.5 cm³/mol. The molecule has 2 fully saturated rings. The molecule has 0 spiro atoms. The molecular formula is C14H24N2O3. The topological polar surface area (TPSA) is 58.6 Å². The van der Waals surface area contributed by atoms with Crippen molar-refractivity contribution in [3.05, 3.63) is 0 Å². The fraction of sp³-hybridized carbons (Fsp3) is 0.857. The fourth-order valence-corrected chi connectivity index (χ4v) is 2.70. The molecule has 0 bridgehead atoms. The second-order valence-corrected chi connectivity index (χ2v) is 6.43. The van der Waals surface area contributed by atoms with Gasteiger partial charge in [0, 0.05) is 19.1 Å². The van der Waals surface area contributed by atoms with Crippen molar-refractivity contribution in [2.45, 2.75) is 45.7 Å². The quantitative estimate of drug-likeness (QED) is 0.823. The molecule has 0 aromatic heterocycles. The van der Waals surface area contributed by atoms with Crippen LogP contribution in [0.3, 0.4) is 0 Å². The van der Waals surface area contributed by atoms with E-state index in [4.69, 9.17) is 4.74 Å². The number of nitrogens with zero attached hydrogens (tertiary/aromatic N) is 1. The Morgan fingerprint density at radius 1 is 1.42 bits per heavy atom. The smallest absolute Gasteiger partial charge is 0.246 e. The minimum atomic E-state index is -0.773. The van der Waals surface area contributed by atoms with Crippen molar-refractivity contribution in [2.75, 3.05) is 19.8 Å². The molecule has 2 amide bonds. The van der Waals surface area contributed by atoms with Gasteiger partial charge in [-0.2, -0.15) is 0 Å². The van der Waals surface area contributed by atoms with E-state index in [2.05, 4.69) is 5.32 Å². The first-order valence-electron chi connectivity index (χ1n) is 7.04. The van der Waals surface area contributed by atoms with Gasteiger partial charge in [-0.3, -0.25) is 9.59 Å². The molecule has 2 aliphatic rings. The molecule has 0 radical (unpaired) electrons. The fourth-order valence-electron chi connectivity index (χ4n) is 2.70. The van der Waals surface area contributed by atoms with Crippen LogP contribution >= 0.6 is 0 Å². The van der Waals surface area contributed by atoms with E-state index in [0.717, 1.165) is 13.0 Å². The Morgan fingerprint density at radius 2 is 2.11 bits per heavy atom. The first-order chi connectivity index (χ1) is 8.84. The Morgan fingerprint density at radius 3 is 2.63 bits per heavy atom. The number of rotatable bonds is 3. The van der Waals surface area contributed by atoms with Crippen LogP contribution < -0.4 is 5.32 Å². The molecule has 2 heterocycles. The number of nitrogens with one attached hydrogen (secondary N) is 1. The van der Waals surface area contributed by atoms with Crippen LogP contribution in [0.25, 0.3) is 0 Å². The van der Waals surface area contributed by atoms with E-state index in [1.807, 2.05) is 27.7 Å². The van der Waals surface area contributed by atoms with Crippen LogP contribution in [-0.2, 0) is 14.3 Å². The zero-order valence-electron chi connectivity index (χ0n) is 12.2. The van der Waals surface area contributed by atoms with Gasteiger partial charge in [-0.15, -0.1) is 0 Å². The zero-order chi connectivity index (χ0) is 14.2. The molecule has 2 atom stereocenters. The summed E-state index contributed by atoms with van der Waals surface area (Å²) in [5.41, 5.74) is -0.773. The summed E-state index contributed by atoms with van der Waals surface area (Å²) in [5, 5.41) is 2.85. The Hall–Kier alpha value is -1.10. The second kappa shape index (κ2) is 5.12. The summed E-state index contributed by atoms with van der Waals surface area (Å²) >= 11 is 0. The van der Waals surface area contributed by atoms with Crippen LogP contribution in [0.15, 0.2) is 0 Å². The number of carbonyl (C=O) groups excluding carboxylic acids is 2. The van der Waals surface area contributed by atoms with Gasteiger partial charge in [0.1, 0.15) is 11.6 Å². The van der Waals surface area contributed by atoms with Gasteiger partial charge in [0.15, 0.2) is 0 Å². The van der Waals surface area contributed by atoms with E-state index < -0.39 is 11.6 Å². The first kappa shape index (κ1) is 14.3. The van der Waals surface area contributed by atoms with Crippen LogP contribution in [0, 0.1) is 11.8 Å². The highest BCUT2D eigenvalue weighted by Gasteiger charge is 2.47. The summed E-state index contributed by atoms with van der Waals surface area (Å²) in [4.78, 5) is 26.6. The van der Waals surface area contributed by atoms with Gasteiger partial charge >= 0.3 is 0 Å². The normalized spacial score (nSPS) is 30.9. The standard InChI is InChI=1S/C14H24N2O3/c1-9(2)11-12(17)16(7-10-5-6-19-8-10)14(3,4)13(18)15-11/h9-11H,5-8H2,1-4H3,(H,15,18). The molecule has 2 unspecified atom stereocenters. The van der Waals surface area contributed by atoms with E-state index in [-0.39, 0.29) is 17.7 Å². The lowest BCUT2D eigenvalue weighted by Gasteiger charge is -2.46. The third kappa shape index (κ3) is 2.61. The van der Waals surface area contributed by atoms with E-state index >= 15 is 0 Å². The Bertz CT molecular complexity index is 373. The van der Waals surface area contributed by atoms with Crippen LogP contribution in [0.2, 0.25) is 0 Å². The van der Waals surface area contributed by atoms with Crippen LogP contribution in [0.4, 0.5) is 0 Å². The maximum absolute atomic E-state index is 12.6. The van der Waals surface area contributed by atoms with E-state index in [1.54, 1.807) is 4.90 Å². The highest BCUT2D eigenvalue weighted by molar-refractivity contribution is 5.99. The summed E-state index contributed by atoms with van der Waals surface area (Å²) in [6, 6.07) is -0.400. The van der Waals surface area contributed by atoms with Crippen molar-refractivity contribution in [3.63, 3.8) is 0 Å². The number of hydrogen-bond acceptors (Lipinski definition) is 3. The molecule has 2 rings (SSSR count). The lowest BCUT2D eigenvalue weighted by Crippen LogP contribution is -2.70. The zero-order valence-corrected chi connectivity index (χ0v) is 12.2. The van der Waals surface area contributed by atoms with E-state index in [0.29, 0.717) is 19.1 Å². The van der Waals surface area contributed by atoms with E-state index in [9.17, 15) is 9.59 Å². The third-order valence-corrected chi connectivity index (χ3v) is 4.18. The molecule has 2 saturated heterocycles. The lowest BCUT2D eigenvalue weighted by molar-refractivity contribution is -0.157. The van der Waals surface area contributed by atoms with Gasteiger partial charge in [-0.25, -0.2) is 0 Å². The van der Waals surface area contributed by atoms with Crippen molar-refractivity contribution < 1.29 is 14.3 Å².